The van der Waals surface area contributed by atoms with Crippen molar-refractivity contribution in [3.63, 3.8) is 0 Å². The van der Waals surface area contributed by atoms with Crippen molar-refractivity contribution in [2.24, 2.45) is 16.3 Å². The SMILES string of the molecule is CCCCCOC(=O)C1C(C)=NC2=C(C(=O)CC(C)(C)C2)[C@@H]1c1cc(OC)c(OC)c(OC)c1. The molecule has 0 saturated heterocycles. The zero-order valence-corrected chi connectivity index (χ0v) is 21.4. The lowest BCUT2D eigenvalue weighted by molar-refractivity contribution is -0.146. The van der Waals surface area contributed by atoms with Crippen molar-refractivity contribution in [1.82, 2.24) is 0 Å². The van der Waals surface area contributed by atoms with Crippen LogP contribution in [0.25, 0.3) is 0 Å². The Morgan fingerprint density at radius 2 is 1.71 bits per heavy atom. The molecule has 34 heavy (non-hydrogen) atoms. The molecule has 1 aromatic carbocycles. The maximum absolute atomic E-state index is 13.5. The first-order chi connectivity index (χ1) is 16.2. The molecule has 0 spiro atoms. The number of carbonyl (C=O) groups excluding carboxylic acids is 2. The fraction of sp³-hybridized carbons (Fsp3) is 0.593. The molecule has 0 amide bonds. The van der Waals surface area contributed by atoms with Crippen LogP contribution in [0.4, 0.5) is 0 Å². The van der Waals surface area contributed by atoms with Gasteiger partial charge in [-0.25, -0.2) is 0 Å². The van der Waals surface area contributed by atoms with Crippen LogP contribution >= 0.6 is 0 Å². The summed E-state index contributed by atoms with van der Waals surface area (Å²) in [7, 11) is 4.64. The van der Waals surface area contributed by atoms with E-state index in [1.54, 1.807) is 21.3 Å². The molecule has 1 heterocycles. The van der Waals surface area contributed by atoms with E-state index >= 15 is 0 Å². The minimum Gasteiger partial charge on any atom is -0.493 e. The van der Waals surface area contributed by atoms with Gasteiger partial charge in [0.05, 0.1) is 27.9 Å². The number of aliphatic imine (C=N–C) groups is 1. The van der Waals surface area contributed by atoms with E-state index in [1.165, 1.54) is 0 Å². The molecule has 1 aliphatic heterocycles. The van der Waals surface area contributed by atoms with Crippen LogP contribution in [0.5, 0.6) is 17.2 Å². The van der Waals surface area contributed by atoms with E-state index in [9.17, 15) is 9.59 Å². The summed E-state index contributed by atoms with van der Waals surface area (Å²) in [5, 5.41) is 0. The van der Waals surface area contributed by atoms with Gasteiger partial charge in [0.15, 0.2) is 17.3 Å². The summed E-state index contributed by atoms with van der Waals surface area (Å²) in [6.45, 7) is 8.44. The minimum atomic E-state index is -0.701. The molecule has 1 unspecified atom stereocenters. The third-order valence-corrected chi connectivity index (χ3v) is 6.59. The van der Waals surface area contributed by atoms with E-state index in [4.69, 9.17) is 23.9 Å². The number of hydrogen-bond acceptors (Lipinski definition) is 7. The Kier molecular flexibility index (Phi) is 8.05. The maximum atomic E-state index is 13.5. The summed E-state index contributed by atoms with van der Waals surface area (Å²) in [4.78, 5) is 31.6. The third kappa shape index (κ3) is 5.13. The predicted molar refractivity (Wildman–Crippen MR) is 131 cm³/mol. The maximum Gasteiger partial charge on any atom is 0.315 e. The van der Waals surface area contributed by atoms with Gasteiger partial charge in [0.2, 0.25) is 5.75 Å². The number of rotatable bonds is 9. The van der Waals surface area contributed by atoms with Gasteiger partial charge < -0.3 is 18.9 Å². The van der Waals surface area contributed by atoms with Crippen molar-refractivity contribution in [2.45, 2.75) is 65.7 Å². The number of carbonyl (C=O) groups is 2. The first-order valence-electron chi connectivity index (χ1n) is 11.9. The first-order valence-corrected chi connectivity index (χ1v) is 11.9. The fourth-order valence-corrected chi connectivity index (χ4v) is 5.01. The molecule has 0 radical (unpaired) electrons. The van der Waals surface area contributed by atoms with Gasteiger partial charge in [0.25, 0.3) is 0 Å². The summed E-state index contributed by atoms with van der Waals surface area (Å²) in [5.41, 5.74) is 2.55. The molecule has 0 fully saturated rings. The van der Waals surface area contributed by atoms with E-state index in [0.29, 0.717) is 48.0 Å². The zero-order chi connectivity index (χ0) is 25.0. The van der Waals surface area contributed by atoms with E-state index < -0.39 is 11.8 Å². The van der Waals surface area contributed by atoms with E-state index in [0.717, 1.165) is 30.5 Å². The van der Waals surface area contributed by atoms with Crippen LogP contribution in [-0.2, 0) is 14.3 Å². The molecule has 2 aliphatic rings. The Balaban J connectivity index is 2.15. The Hall–Kier alpha value is -2.83. The quantitative estimate of drug-likeness (QED) is 0.361. The zero-order valence-electron chi connectivity index (χ0n) is 21.4. The van der Waals surface area contributed by atoms with Gasteiger partial charge in [-0.3, -0.25) is 14.6 Å². The third-order valence-electron chi connectivity index (χ3n) is 6.59. The van der Waals surface area contributed by atoms with Crippen molar-refractivity contribution in [1.29, 1.82) is 0 Å². The molecule has 0 bridgehead atoms. The second kappa shape index (κ2) is 10.6. The van der Waals surface area contributed by atoms with Crippen molar-refractivity contribution in [3.8, 4) is 17.2 Å². The molecular weight excluding hydrogens is 434 g/mol. The lowest BCUT2D eigenvalue weighted by Gasteiger charge is -2.39. The molecule has 3 rings (SSSR count). The number of benzene rings is 1. The van der Waals surface area contributed by atoms with Crippen LogP contribution in [0, 0.1) is 11.3 Å². The molecule has 1 aliphatic carbocycles. The number of ketones is 1. The van der Waals surface area contributed by atoms with Crippen LogP contribution in [0.2, 0.25) is 0 Å². The molecule has 2 atom stereocenters. The molecule has 0 aromatic heterocycles. The van der Waals surface area contributed by atoms with Crippen LogP contribution in [-0.4, -0.2) is 45.4 Å². The molecule has 7 heteroatoms. The Morgan fingerprint density at radius 1 is 1.06 bits per heavy atom. The molecule has 7 nitrogen and oxygen atoms in total. The second-order valence-corrected chi connectivity index (χ2v) is 9.84. The average molecular weight is 472 g/mol. The van der Waals surface area contributed by atoms with Gasteiger partial charge in [-0.2, -0.15) is 0 Å². The fourth-order valence-electron chi connectivity index (χ4n) is 5.01. The standard InChI is InChI=1S/C27H37NO6/c1-8-9-10-11-34-26(30)22-16(2)28-18-14-27(3,4)15-19(29)24(18)23(22)17-12-20(31-5)25(33-7)21(13-17)32-6/h12-13,22-23H,8-11,14-15H2,1-7H3/t22?,23-/m1/s1. The van der Waals surface area contributed by atoms with Crippen LogP contribution in [0.3, 0.4) is 0 Å². The molecule has 186 valence electrons. The van der Waals surface area contributed by atoms with Crippen LogP contribution in [0.15, 0.2) is 28.4 Å². The largest absolute Gasteiger partial charge is 0.493 e. The minimum absolute atomic E-state index is 0.0186. The number of unbranched alkanes of at least 4 members (excludes halogenated alkanes) is 2. The molecule has 0 saturated carbocycles. The van der Waals surface area contributed by atoms with Crippen molar-refractivity contribution in [2.75, 3.05) is 27.9 Å². The normalized spacial score (nSPS) is 21.5. The summed E-state index contributed by atoms with van der Waals surface area (Å²) in [5.74, 6) is -0.184. The Morgan fingerprint density at radius 3 is 2.26 bits per heavy atom. The van der Waals surface area contributed by atoms with Gasteiger partial charge in [-0.1, -0.05) is 33.6 Å². The number of nitrogens with zero attached hydrogens (tertiary/aromatic N) is 1. The summed E-state index contributed by atoms with van der Waals surface area (Å²) in [6, 6.07) is 3.64. The number of methoxy groups -OCH3 is 3. The summed E-state index contributed by atoms with van der Waals surface area (Å²) in [6.07, 6.45) is 3.91. The van der Waals surface area contributed by atoms with Gasteiger partial charge >= 0.3 is 5.97 Å². The highest BCUT2D eigenvalue weighted by Crippen LogP contribution is 2.50. The summed E-state index contributed by atoms with van der Waals surface area (Å²) >= 11 is 0. The second-order valence-electron chi connectivity index (χ2n) is 9.84. The van der Waals surface area contributed by atoms with Gasteiger partial charge in [0.1, 0.15) is 5.92 Å². The van der Waals surface area contributed by atoms with Crippen LogP contribution < -0.4 is 14.2 Å². The first kappa shape index (κ1) is 25.8. The highest BCUT2D eigenvalue weighted by atomic mass is 16.5. The smallest absolute Gasteiger partial charge is 0.315 e. The van der Waals surface area contributed by atoms with Gasteiger partial charge in [-0.05, 0) is 42.9 Å². The lowest BCUT2D eigenvalue weighted by Crippen LogP contribution is -2.39. The average Bonchev–Trinajstić information content (AvgIpc) is 2.78. The highest BCUT2D eigenvalue weighted by molar-refractivity contribution is 6.09. The van der Waals surface area contributed by atoms with Gasteiger partial charge in [-0.15, -0.1) is 0 Å². The van der Waals surface area contributed by atoms with Crippen molar-refractivity contribution < 1.29 is 28.5 Å². The van der Waals surface area contributed by atoms with Crippen molar-refractivity contribution >= 4 is 17.5 Å². The highest BCUT2D eigenvalue weighted by Gasteiger charge is 2.46. The Labute approximate surface area is 202 Å². The molecular formula is C27H37NO6. The van der Waals surface area contributed by atoms with Crippen molar-refractivity contribution in [3.05, 3.63) is 29.0 Å². The molecule has 1 aromatic rings. The number of esters is 1. The van der Waals surface area contributed by atoms with E-state index in [2.05, 4.69) is 20.8 Å². The number of ether oxygens (including phenoxy) is 4. The topological polar surface area (TPSA) is 83.4 Å². The van der Waals surface area contributed by atoms with E-state index in [-0.39, 0.29) is 17.2 Å². The molecule has 0 N–H and O–H groups in total. The Bertz CT molecular complexity index is 981. The van der Waals surface area contributed by atoms with Gasteiger partial charge in [0, 0.05) is 29.3 Å². The van der Waals surface area contributed by atoms with Crippen LogP contribution in [0.1, 0.15) is 71.3 Å². The number of Topliss-reactive ketones (excluding diaryl/α,β-unsaturated/α-hetero) is 1. The lowest BCUT2D eigenvalue weighted by atomic mass is 9.67. The monoisotopic (exact) mass is 471 g/mol. The number of hydrogen-bond donors (Lipinski definition) is 0. The number of allylic oxidation sites excluding steroid dienone is 2. The summed E-state index contributed by atoms with van der Waals surface area (Å²) < 4.78 is 22.3. The predicted octanol–water partition coefficient (Wildman–Crippen LogP) is 5.26. The van der Waals surface area contributed by atoms with E-state index in [1.807, 2.05) is 19.1 Å².